The maximum absolute atomic E-state index is 13.2. The number of aryl methyl sites for hydroxylation is 2. The number of nitrogens with one attached hydrogen (secondary N) is 1. The summed E-state index contributed by atoms with van der Waals surface area (Å²) < 4.78 is 27.8. The standard InChI is InChI=1S/C28H27N3O3S/c32-28(30-26-9-3-5-21(19-26)10-12-25-8-1-2-16-29-25)23-14-17-31(18-15-23)35(33,34)27-13-11-22-6-4-7-24(22)20-27/h1-3,5,8-9,11,13,16,19-20,23H,4,6-7,14-15,17-18H2,(H,30,32). The van der Waals surface area contributed by atoms with E-state index < -0.39 is 10.0 Å². The van der Waals surface area contributed by atoms with E-state index >= 15 is 0 Å². The van der Waals surface area contributed by atoms with Crippen molar-refractivity contribution in [2.24, 2.45) is 5.92 Å². The molecule has 0 radical (unpaired) electrons. The van der Waals surface area contributed by atoms with Gasteiger partial charge in [-0.1, -0.05) is 24.1 Å². The van der Waals surface area contributed by atoms with Gasteiger partial charge in [0.05, 0.1) is 4.90 Å². The van der Waals surface area contributed by atoms with E-state index in [1.807, 2.05) is 54.6 Å². The van der Waals surface area contributed by atoms with Crippen LogP contribution in [0.5, 0.6) is 0 Å². The highest BCUT2D eigenvalue weighted by molar-refractivity contribution is 7.89. The van der Waals surface area contributed by atoms with Crippen molar-refractivity contribution in [3.63, 3.8) is 0 Å². The first-order valence-electron chi connectivity index (χ1n) is 11.9. The maximum Gasteiger partial charge on any atom is 0.243 e. The fourth-order valence-corrected chi connectivity index (χ4v) is 6.23. The molecule has 7 heteroatoms. The van der Waals surface area contributed by atoms with E-state index in [-0.39, 0.29) is 11.8 Å². The monoisotopic (exact) mass is 485 g/mol. The number of aromatic nitrogens is 1. The number of hydrogen-bond acceptors (Lipinski definition) is 4. The predicted molar refractivity (Wildman–Crippen MR) is 135 cm³/mol. The number of hydrogen-bond donors (Lipinski definition) is 1. The lowest BCUT2D eigenvalue weighted by molar-refractivity contribution is -0.120. The number of amides is 1. The molecule has 1 aliphatic carbocycles. The highest BCUT2D eigenvalue weighted by atomic mass is 32.2. The third kappa shape index (κ3) is 5.29. The Hall–Kier alpha value is -3.47. The van der Waals surface area contributed by atoms with Gasteiger partial charge in [-0.15, -0.1) is 0 Å². The fourth-order valence-electron chi connectivity index (χ4n) is 4.71. The molecule has 0 saturated carbocycles. The zero-order chi connectivity index (χ0) is 24.3. The lowest BCUT2D eigenvalue weighted by Gasteiger charge is -2.30. The molecule has 0 spiro atoms. The summed E-state index contributed by atoms with van der Waals surface area (Å²) in [6.07, 6.45) is 5.74. The molecule has 0 atom stereocenters. The number of carbonyl (C=O) groups is 1. The first-order valence-corrected chi connectivity index (χ1v) is 13.4. The summed E-state index contributed by atoms with van der Waals surface area (Å²) in [5.74, 6) is 5.76. The van der Waals surface area contributed by atoms with Gasteiger partial charge in [0.25, 0.3) is 0 Å². The van der Waals surface area contributed by atoms with Gasteiger partial charge in [0.15, 0.2) is 0 Å². The molecule has 0 unspecified atom stereocenters. The molecule has 0 bridgehead atoms. The second-order valence-electron chi connectivity index (χ2n) is 9.00. The number of pyridine rings is 1. The molecule has 1 amide bonds. The Morgan fingerprint density at radius 3 is 2.57 bits per heavy atom. The minimum absolute atomic E-state index is 0.0885. The summed E-state index contributed by atoms with van der Waals surface area (Å²) in [6.45, 7) is 0.681. The molecule has 5 rings (SSSR count). The third-order valence-electron chi connectivity index (χ3n) is 6.66. The molecular formula is C28H27N3O3S. The number of piperidine rings is 1. The summed E-state index contributed by atoms with van der Waals surface area (Å²) in [4.78, 5) is 17.4. The maximum atomic E-state index is 13.2. The largest absolute Gasteiger partial charge is 0.326 e. The second kappa shape index (κ2) is 10.0. The van der Waals surface area contributed by atoms with Crippen LogP contribution in [0, 0.1) is 17.8 Å². The summed E-state index contributed by atoms with van der Waals surface area (Å²) >= 11 is 0. The SMILES string of the molecule is O=C(Nc1cccc(C#Cc2ccccn2)c1)C1CCN(S(=O)(=O)c2ccc3c(c2)CCC3)CC1. The van der Waals surface area contributed by atoms with E-state index in [1.54, 1.807) is 12.3 Å². The van der Waals surface area contributed by atoms with Crippen LogP contribution in [0.3, 0.4) is 0 Å². The van der Waals surface area contributed by atoms with E-state index in [1.165, 1.54) is 9.87 Å². The van der Waals surface area contributed by atoms with Gasteiger partial charge < -0.3 is 5.32 Å². The molecule has 2 aliphatic rings. The Kier molecular flexibility index (Phi) is 6.67. The minimum atomic E-state index is -3.55. The molecule has 178 valence electrons. The third-order valence-corrected chi connectivity index (χ3v) is 8.56. The van der Waals surface area contributed by atoms with Crippen LogP contribution in [0.4, 0.5) is 5.69 Å². The van der Waals surface area contributed by atoms with E-state index in [2.05, 4.69) is 22.1 Å². The van der Waals surface area contributed by atoms with Crippen LogP contribution in [0.15, 0.2) is 71.8 Å². The highest BCUT2D eigenvalue weighted by Crippen LogP contribution is 2.29. The number of benzene rings is 2. The molecule has 1 saturated heterocycles. The van der Waals surface area contributed by atoms with Crippen LogP contribution in [-0.4, -0.2) is 36.7 Å². The van der Waals surface area contributed by atoms with E-state index in [9.17, 15) is 13.2 Å². The van der Waals surface area contributed by atoms with Crippen LogP contribution < -0.4 is 5.32 Å². The Balaban J connectivity index is 1.19. The zero-order valence-corrected chi connectivity index (χ0v) is 20.2. The van der Waals surface area contributed by atoms with Gasteiger partial charge in [-0.25, -0.2) is 13.4 Å². The number of sulfonamides is 1. The smallest absolute Gasteiger partial charge is 0.243 e. The molecular weight excluding hydrogens is 458 g/mol. The average Bonchev–Trinajstić information content (AvgIpc) is 3.36. The average molecular weight is 486 g/mol. The Morgan fingerprint density at radius 2 is 1.77 bits per heavy atom. The van der Waals surface area contributed by atoms with Gasteiger partial charge in [0.1, 0.15) is 5.69 Å². The number of fused-ring (bicyclic) bond motifs is 1. The van der Waals surface area contributed by atoms with Crippen LogP contribution in [0.25, 0.3) is 0 Å². The molecule has 35 heavy (non-hydrogen) atoms. The van der Waals surface area contributed by atoms with E-state index in [0.29, 0.717) is 42.2 Å². The molecule has 2 heterocycles. The highest BCUT2D eigenvalue weighted by Gasteiger charge is 2.32. The van der Waals surface area contributed by atoms with Crippen molar-refractivity contribution in [3.8, 4) is 11.8 Å². The molecule has 1 aromatic heterocycles. The number of rotatable bonds is 4. The second-order valence-corrected chi connectivity index (χ2v) is 10.9. The van der Waals surface area contributed by atoms with Crippen LogP contribution >= 0.6 is 0 Å². The molecule has 6 nitrogen and oxygen atoms in total. The molecule has 1 fully saturated rings. The molecule has 1 aliphatic heterocycles. The van der Waals surface area contributed by atoms with Crippen molar-refractivity contribution >= 4 is 21.6 Å². The first kappa shape index (κ1) is 23.3. The van der Waals surface area contributed by atoms with Crippen molar-refractivity contribution in [1.29, 1.82) is 0 Å². The fraction of sp³-hybridized carbons (Fsp3) is 0.286. The number of anilines is 1. The Labute approximate surface area is 206 Å². The first-order chi connectivity index (χ1) is 17.0. The van der Waals surface area contributed by atoms with Crippen molar-refractivity contribution in [1.82, 2.24) is 9.29 Å². The Bertz CT molecular complexity index is 1400. The lowest BCUT2D eigenvalue weighted by atomic mass is 9.97. The van der Waals surface area contributed by atoms with Crippen molar-refractivity contribution in [2.45, 2.75) is 37.0 Å². The van der Waals surface area contributed by atoms with E-state index in [4.69, 9.17) is 0 Å². The lowest BCUT2D eigenvalue weighted by Crippen LogP contribution is -2.41. The minimum Gasteiger partial charge on any atom is -0.326 e. The van der Waals surface area contributed by atoms with Gasteiger partial charge in [-0.3, -0.25) is 4.79 Å². The number of nitrogens with zero attached hydrogens (tertiary/aromatic N) is 2. The van der Waals surface area contributed by atoms with Crippen LogP contribution in [0.1, 0.15) is 41.6 Å². The van der Waals surface area contributed by atoms with Crippen LogP contribution in [0.2, 0.25) is 0 Å². The summed E-state index contributed by atoms with van der Waals surface area (Å²) in [5.41, 5.74) is 4.54. The van der Waals surface area contributed by atoms with Gasteiger partial charge in [-0.05, 0) is 91.6 Å². The zero-order valence-electron chi connectivity index (χ0n) is 19.4. The van der Waals surface area contributed by atoms with Gasteiger partial charge >= 0.3 is 0 Å². The van der Waals surface area contributed by atoms with Crippen LogP contribution in [-0.2, 0) is 27.7 Å². The summed E-state index contributed by atoms with van der Waals surface area (Å²) in [6, 6.07) is 18.5. The quantitative estimate of drug-likeness (QED) is 0.567. The molecule has 1 N–H and O–H groups in total. The molecule has 3 aromatic rings. The van der Waals surface area contributed by atoms with Gasteiger partial charge in [0.2, 0.25) is 15.9 Å². The van der Waals surface area contributed by atoms with E-state index in [0.717, 1.165) is 30.4 Å². The van der Waals surface area contributed by atoms with Crippen molar-refractivity contribution in [2.75, 3.05) is 18.4 Å². The van der Waals surface area contributed by atoms with Crippen molar-refractivity contribution in [3.05, 3.63) is 89.2 Å². The Morgan fingerprint density at radius 1 is 0.943 bits per heavy atom. The molecule has 2 aromatic carbocycles. The van der Waals surface area contributed by atoms with Crippen molar-refractivity contribution < 1.29 is 13.2 Å². The topological polar surface area (TPSA) is 79.4 Å². The number of carbonyl (C=O) groups excluding carboxylic acids is 1. The van der Waals surface area contributed by atoms with Gasteiger partial charge in [-0.2, -0.15) is 4.31 Å². The predicted octanol–water partition coefficient (Wildman–Crippen LogP) is 4.01. The summed E-state index contributed by atoms with van der Waals surface area (Å²) in [5, 5.41) is 2.97. The van der Waals surface area contributed by atoms with Gasteiger partial charge in [0, 0.05) is 36.5 Å². The normalized spacial score (nSPS) is 16.2. The summed E-state index contributed by atoms with van der Waals surface area (Å²) in [7, 11) is -3.55.